The molecule has 1 rings (SSSR count). The first-order valence-corrected chi connectivity index (χ1v) is 6.88. The summed E-state index contributed by atoms with van der Waals surface area (Å²) < 4.78 is 0. The van der Waals surface area contributed by atoms with E-state index in [-0.39, 0.29) is 0 Å². The Kier molecular flexibility index (Phi) is 6.80. The zero-order valence-corrected chi connectivity index (χ0v) is 10.6. The van der Waals surface area contributed by atoms with Crippen molar-refractivity contribution in [1.29, 1.82) is 0 Å². The predicted molar refractivity (Wildman–Crippen MR) is 73.4 cm³/mol. The van der Waals surface area contributed by atoms with Gasteiger partial charge in [-0.1, -0.05) is 43.4 Å². The Morgan fingerprint density at radius 1 is 1.31 bits per heavy atom. The highest BCUT2D eigenvalue weighted by molar-refractivity contribution is 7.98. The van der Waals surface area contributed by atoms with Crippen LogP contribution in [0.25, 0.3) is 0 Å². The molecule has 0 atom stereocenters. The van der Waals surface area contributed by atoms with Crippen molar-refractivity contribution in [3.63, 3.8) is 0 Å². The van der Waals surface area contributed by atoms with E-state index in [0.29, 0.717) is 6.54 Å². The third-order valence-electron chi connectivity index (χ3n) is 2.24. The molecule has 0 aliphatic carbocycles. The summed E-state index contributed by atoms with van der Waals surface area (Å²) in [7, 11) is 0. The number of nitrogens with two attached hydrogens (primary N) is 1. The Bertz CT molecular complexity index is 362. The van der Waals surface area contributed by atoms with Gasteiger partial charge < -0.3 is 5.73 Å². The zero-order valence-electron chi connectivity index (χ0n) is 9.83. The fourth-order valence-electron chi connectivity index (χ4n) is 1.34. The summed E-state index contributed by atoms with van der Waals surface area (Å²) in [5.74, 6) is 8.32. The number of benzene rings is 1. The molecule has 0 heterocycles. The summed E-state index contributed by atoms with van der Waals surface area (Å²) in [6.45, 7) is 2.65. The van der Waals surface area contributed by atoms with Gasteiger partial charge >= 0.3 is 0 Å². The van der Waals surface area contributed by atoms with Crippen LogP contribution in [0.1, 0.15) is 30.9 Å². The quantitative estimate of drug-likeness (QED) is 0.625. The Labute approximate surface area is 103 Å². The first-order chi connectivity index (χ1) is 7.88. The number of rotatable bonds is 5. The highest BCUT2D eigenvalue weighted by Gasteiger charge is 1.98. The minimum absolute atomic E-state index is 0.428. The highest BCUT2D eigenvalue weighted by atomic mass is 32.2. The molecule has 2 N–H and O–H groups in total. The maximum Gasteiger partial charge on any atom is 0.0555 e. The van der Waals surface area contributed by atoms with Crippen LogP contribution >= 0.6 is 11.8 Å². The minimum Gasteiger partial charge on any atom is -0.320 e. The van der Waals surface area contributed by atoms with Gasteiger partial charge in [-0.2, -0.15) is 11.8 Å². The fraction of sp³-hybridized carbons (Fsp3) is 0.429. The Morgan fingerprint density at radius 3 is 2.88 bits per heavy atom. The van der Waals surface area contributed by atoms with Crippen LogP contribution in [0.2, 0.25) is 0 Å². The molecule has 0 spiro atoms. The van der Waals surface area contributed by atoms with Crippen LogP contribution in [0.15, 0.2) is 24.3 Å². The van der Waals surface area contributed by atoms with E-state index in [1.165, 1.54) is 24.2 Å². The molecule has 0 fully saturated rings. The third-order valence-corrected chi connectivity index (χ3v) is 3.33. The fourth-order valence-corrected chi connectivity index (χ4v) is 2.45. The predicted octanol–water partition coefficient (Wildman–Crippen LogP) is 3.03. The van der Waals surface area contributed by atoms with E-state index in [4.69, 9.17) is 5.73 Å². The topological polar surface area (TPSA) is 26.0 Å². The Balaban J connectivity index is 2.57. The van der Waals surface area contributed by atoms with E-state index >= 15 is 0 Å². The van der Waals surface area contributed by atoms with Crippen molar-refractivity contribution in [3.05, 3.63) is 35.4 Å². The summed E-state index contributed by atoms with van der Waals surface area (Å²) in [5.41, 5.74) is 7.83. The van der Waals surface area contributed by atoms with Crippen LogP contribution in [0.4, 0.5) is 0 Å². The van der Waals surface area contributed by atoms with Gasteiger partial charge in [0.1, 0.15) is 0 Å². The summed E-state index contributed by atoms with van der Waals surface area (Å²) in [4.78, 5) is 0. The van der Waals surface area contributed by atoms with E-state index in [1.54, 1.807) is 0 Å². The van der Waals surface area contributed by atoms with Crippen LogP contribution in [-0.4, -0.2) is 12.3 Å². The molecule has 0 saturated heterocycles. The number of thioether (sulfide) groups is 1. The molecule has 0 aliphatic heterocycles. The molecule has 0 aromatic heterocycles. The van der Waals surface area contributed by atoms with Crippen LogP contribution in [0, 0.1) is 11.8 Å². The largest absolute Gasteiger partial charge is 0.320 e. The van der Waals surface area contributed by atoms with Gasteiger partial charge in [0.25, 0.3) is 0 Å². The van der Waals surface area contributed by atoms with Crippen LogP contribution < -0.4 is 5.73 Å². The number of hydrogen-bond donors (Lipinski definition) is 1. The normalized spacial score (nSPS) is 9.62. The average molecular weight is 233 g/mol. The summed E-state index contributed by atoms with van der Waals surface area (Å²) >= 11 is 1.98. The van der Waals surface area contributed by atoms with Gasteiger partial charge in [0.15, 0.2) is 0 Å². The highest BCUT2D eigenvalue weighted by Crippen LogP contribution is 2.16. The molecule has 0 bridgehead atoms. The lowest BCUT2D eigenvalue weighted by molar-refractivity contribution is 0.896. The molecule has 0 aliphatic rings. The second-order valence-electron chi connectivity index (χ2n) is 3.57. The van der Waals surface area contributed by atoms with Crippen molar-refractivity contribution in [2.45, 2.75) is 25.5 Å². The summed E-state index contributed by atoms with van der Waals surface area (Å²) in [5, 5.41) is 0. The summed E-state index contributed by atoms with van der Waals surface area (Å²) in [6, 6.07) is 8.32. The molecule has 16 heavy (non-hydrogen) atoms. The van der Waals surface area contributed by atoms with E-state index in [2.05, 4.69) is 37.0 Å². The van der Waals surface area contributed by atoms with E-state index in [9.17, 15) is 0 Å². The van der Waals surface area contributed by atoms with Crippen LogP contribution in [-0.2, 0) is 5.75 Å². The SMILES string of the molecule is CCCCSCc1ccccc1C#CCN. The van der Waals surface area contributed by atoms with Gasteiger partial charge in [0.05, 0.1) is 6.54 Å². The molecule has 0 saturated carbocycles. The molecule has 1 aromatic rings. The maximum absolute atomic E-state index is 5.39. The average Bonchev–Trinajstić information content (AvgIpc) is 2.33. The molecule has 0 radical (unpaired) electrons. The molecule has 86 valence electrons. The van der Waals surface area contributed by atoms with E-state index in [0.717, 1.165) is 11.3 Å². The lowest BCUT2D eigenvalue weighted by Crippen LogP contribution is -1.94. The standard InChI is InChI=1S/C14H19NS/c1-2-3-11-16-12-14-8-5-4-7-13(14)9-6-10-15/h4-5,7-8H,2-3,10-12,15H2,1H3. The summed E-state index contributed by atoms with van der Waals surface area (Å²) in [6.07, 6.45) is 2.56. The molecule has 0 amide bonds. The number of hydrogen-bond acceptors (Lipinski definition) is 2. The van der Waals surface area contributed by atoms with E-state index < -0.39 is 0 Å². The van der Waals surface area contributed by atoms with Crippen molar-refractivity contribution in [3.8, 4) is 11.8 Å². The van der Waals surface area contributed by atoms with Gasteiger partial charge in [-0.15, -0.1) is 0 Å². The molecule has 0 unspecified atom stereocenters. The van der Waals surface area contributed by atoms with Gasteiger partial charge in [0, 0.05) is 11.3 Å². The van der Waals surface area contributed by atoms with Crippen molar-refractivity contribution >= 4 is 11.8 Å². The van der Waals surface area contributed by atoms with Gasteiger partial charge in [0.2, 0.25) is 0 Å². The van der Waals surface area contributed by atoms with Gasteiger partial charge in [-0.25, -0.2) is 0 Å². The van der Waals surface area contributed by atoms with E-state index in [1.807, 2.05) is 17.8 Å². The third kappa shape index (κ3) is 4.74. The van der Waals surface area contributed by atoms with Crippen molar-refractivity contribution < 1.29 is 0 Å². The molecular formula is C14H19NS. The van der Waals surface area contributed by atoms with Crippen molar-refractivity contribution in [1.82, 2.24) is 0 Å². The van der Waals surface area contributed by atoms with Gasteiger partial charge in [-0.3, -0.25) is 0 Å². The van der Waals surface area contributed by atoms with Crippen molar-refractivity contribution in [2.24, 2.45) is 5.73 Å². The monoisotopic (exact) mass is 233 g/mol. The second kappa shape index (κ2) is 8.27. The molecule has 1 aromatic carbocycles. The van der Waals surface area contributed by atoms with Gasteiger partial charge in [-0.05, 0) is 23.8 Å². The maximum atomic E-state index is 5.39. The second-order valence-corrected chi connectivity index (χ2v) is 4.67. The first kappa shape index (κ1) is 13.2. The molecule has 2 heteroatoms. The molecule has 1 nitrogen and oxygen atoms in total. The minimum atomic E-state index is 0.428. The number of unbranched alkanes of at least 4 members (excludes halogenated alkanes) is 1. The molecular weight excluding hydrogens is 214 g/mol. The lowest BCUT2D eigenvalue weighted by atomic mass is 10.1. The van der Waals surface area contributed by atoms with Crippen molar-refractivity contribution in [2.75, 3.05) is 12.3 Å². The smallest absolute Gasteiger partial charge is 0.0555 e. The lowest BCUT2D eigenvalue weighted by Gasteiger charge is -2.03. The Morgan fingerprint density at radius 2 is 2.12 bits per heavy atom. The van der Waals surface area contributed by atoms with Crippen LogP contribution in [0.3, 0.4) is 0 Å². The van der Waals surface area contributed by atoms with Crippen LogP contribution in [0.5, 0.6) is 0 Å². The first-order valence-electron chi connectivity index (χ1n) is 5.73. The zero-order chi connectivity index (χ0) is 11.6. The Hall–Kier alpha value is -0.910.